The van der Waals surface area contributed by atoms with Crippen LogP contribution < -0.4 is 5.32 Å². The van der Waals surface area contributed by atoms with Crippen molar-refractivity contribution >= 4 is 0 Å². The Balaban J connectivity index is 3.57. The van der Waals surface area contributed by atoms with Crippen molar-refractivity contribution in [1.29, 1.82) is 0 Å². The average Bonchev–Trinajstić information content (AvgIpc) is 2.83. The summed E-state index contributed by atoms with van der Waals surface area (Å²) >= 11 is 0. The summed E-state index contributed by atoms with van der Waals surface area (Å²) in [6.45, 7) is 12.0. The van der Waals surface area contributed by atoms with E-state index in [-0.39, 0.29) is 0 Å². The first-order valence-electron chi connectivity index (χ1n) is 13.6. The van der Waals surface area contributed by atoms with Gasteiger partial charge in [0.1, 0.15) is 0 Å². The maximum atomic E-state index is 4.16. The van der Waals surface area contributed by atoms with Gasteiger partial charge in [-0.3, -0.25) is 0 Å². The molecule has 0 bridgehead atoms. The van der Waals surface area contributed by atoms with Crippen molar-refractivity contribution in [3.8, 4) is 0 Å². The molecular weight excluding hydrogens is 398 g/mol. The molecule has 186 valence electrons. The maximum Gasteiger partial charge on any atom is 0.0143 e. The Morgan fingerprint density at radius 2 is 1.09 bits per heavy atom. The molecule has 0 aromatic heterocycles. The first-order chi connectivity index (χ1) is 16.2. The van der Waals surface area contributed by atoms with Crippen molar-refractivity contribution in [3.63, 3.8) is 0 Å². The van der Waals surface area contributed by atoms with Gasteiger partial charge in [-0.05, 0) is 63.7 Å². The van der Waals surface area contributed by atoms with Gasteiger partial charge in [0.25, 0.3) is 0 Å². The molecule has 0 saturated carbocycles. The monoisotopic (exact) mass is 451 g/mol. The lowest BCUT2D eigenvalue weighted by Crippen LogP contribution is -2.14. The topological polar surface area (TPSA) is 12.0 Å². The van der Waals surface area contributed by atoms with Crippen LogP contribution in [0.25, 0.3) is 0 Å². The van der Waals surface area contributed by atoms with Crippen molar-refractivity contribution in [2.24, 2.45) is 5.92 Å². The van der Waals surface area contributed by atoms with E-state index in [9.17, 15) is 0 Å². The van der Waals surface area contributed by atoms with E-state index < -0.39 is 0 Å². The van der Waals surface area contributed by atoms with E-state index in [0.29, 0.717) is 0 Å². The molecule has 0 aliphatic carbocycles. The van der Waals surface area contributed by atoms with E-state index >= 15 is 0 Å². The van der Waals surface area contributed by atoms with Crippen molar-refractivity contribution in [2.75, 3.05) is 6.54 Å². The smallest absolute Gasteiger partial charge is 0.0143 e. The third kappa shape index (κ3) is 24.5. The minimum atomic E-state index is 0.918. The van der Waals surface area contributed by atoms with Crippen molar-refractivity contribution < 1.29 is 0 Å². The molecule has 0 aromatic rings. The van der Waals surface area contributed by atoms with Crippen LogP contribution >= 0.6 is 0 Å². The number of hydrogen-bond acceptors (Lipinski definition) is 1. The van der Waals surface area contributed by atoms with E-state index in [0.717, 1.165) is 63.8 Å². The quantitative estimate of drug-likeness (QED) is 0.127. The summed E-state index contributed by atoms with van der Waals surface area (Å²) in [5.41, 5.74) is 1.18. The highest BCUT2D eigenvalue weighted by Gasteiger charge is 2.02. The predicted octanol–water partition coefficient (Wildman–Crippen LogP) is 10.2. The van der Waals surface area contributed by atoms with Gasteiger partial charge in [-0.25, -0.2) is 0 Å². The van der Waals surface area contributed by atoms with Gasteiger partial charge in [0, 0.05) is 12.2 Å². The molecule has 1 N–H and O–H groups in total. The second-order valence-electron chi connectivity index (χ2n) is 8.66. The zero-order chi connectivity index (χ0) is 24.2. The first-order valence-corrected chi connectivity index (χ1v) is 13.6. The van der Waals surface area contributed by atoms with Gasteiger partial charge in [0.05, 0.1) is 0 Å². The average molecular weight is 452 g/mol. The second kappa shape index (κ2) is 26.2. The minimum absolute atomic E-state index is 0.918. The van der Waals surface area contributed by atoms with Crippen LogP contribution in [0.5, 0.6) is 0 Å². The third-order valence-electron chi connectivity index (χ3n) is 5.78. The summed E-state index contributed by atoms with van der Waals surface area (Å²) in [6.07, 6.45) is 41.9. The Bertz CT molecular complexity index is 596. The Labute approximate surface area is 207 Å². The molecule has 0 rings (SSSR count). The molecular formula is C32H53N. The standard InChI is InChI=1S/C32H53N/c1-5-8-9-10-11-12-13-14-15-16-17-18-19-20-21-22-23-24-25-28-31(4)33-30-27-26-29-32(6-2)7-3/h8-9,11-12,14-15,17-18,20-21,23-24,32-33H,4-7,10,13,16,19,22,25-30H2,1-3H3/b9-8-,12-11-,15-14-,18-17-,21-20-,24-23-. The molecule has 0 radical (unpaired) electrons. The molecule has 0 fully saturated rings. The summed E-state index contributed by atoms with van der Waals surface area (Å²) in [4.78, 5) is 0. The van der Waals surface area contributed by atoms with Gasteiger partial charge in [0.2, 0.25) is 0 Å². The van der Waals surface area contributed by atoms with Crippen molar-refractivity contribution in [3.05, 3.63) is 85.2 Å². The third-order valence-corrected chi connectivity index (χ3v) is 5.78. The number of unbranched alkanes of at least 4 members (excludes halogenated alkanes) is 1. The van der Waals surface area contributed by atoms with Crippen LogP contribution in [0.1, 0.15) is 104 Å². The molecule has 0 unspecified atom stereocenters. The lowest BCUT2D eigenvalue weighted by molar-refractivity contribution is 0.432. The van der Waals surface area contributed by atoms with Gasteiger partial charge in [0.15, 0.2) is 0 Å². The number of nitrogens with one attached hydrogen (secondary N) is 1. The minimum Gasteiger partial charge on any atom is -0.389 e. The second-order valence-corrected chi connectivity index (χ2v) is 8.66. The molecule has 0 atom stereocenters. The van der Waals surface area contributed by atoms with Gasteiger partial charge in [-0.1, -0.05) is 126 Å². The van der Waals surface area contributed by atoms with E-state index in [1.807, 2.05) is 0 Å². The fourth-order valence-electron chi connectivity index (χ4n) is 3.51. The largest absolute Gasteiger partial charge is 0.389 e. The van der Waals surface area contributed by atoms with Gasteiger partial charge >= 0.3 is 0 Å². The first kappa shape index (κ1) is 31.0. The van der Waals surface area contributed by atoms with E-state index in [1.54, 1.807) is 0 Å². The zero-order valence-corrected chi connectivity index (χ0v) is 22.1. The normalized spacial score (nSPS) is 12.8. The highest BCUT2D eigenvalue weighted by molar-refractivity contribution is 5.02. The van der Waals surface area contributed by atoms with E-state index in [1.165, 1.54) is 37.8 Å². The van der Waals surface area contributed by atoms with Crippen molar-refractivity contribution in [2.45, 2.75) is 104 Å². The number of rotatable bonds is 22. The molecule has 1 heteroatoms. The molecule has 0 heterocycles. The molecule has 0 aliphatic rings. The molecule has 1 nitrogen and oxygen atoms in total. The predicted molar refractivity (Wildman–Crippen MR) is 153 cm³/mol. The van der Waals surface area contributed by atoms with Crippen LogP contribution in [0.15, 0.2) is 85.2 Å². The van der Waals surface area contributed by atoms with Crippen molar-refractivity contribution in [1.82, 2.24) is 5.32 Å². The highest BCUT2D eigenvalue weighted by atomic mass is 14.9. The Kier molecular flexibility index (Phi) is 24.6. The number of hydrogen-bond donors (Lipinski definition) is 1. The van der Waals surface area contributed by atoms with Crippen LogP contribution in [-0.4, -0.2) is 6.54 Å². The summed E-state index contributed by atoms with van der Waals surface area (Å²) < 4.78 is 0. The van der Waals surface area contributed by atoms with Gasteiger partial charge in [-0.15, -0.1) is 0 Å². The molecule has 0 saturated heterocycles. The van der Waals surface area contributed by atoms with Crippen LogP contribution in [0.4, 0.5) is 0 Å². The van der Waals surface area contributed by atoms with Crippen LogP contribution in [-0.2, 0) is 0 Å². The van der Waals surface area contributed by atoms with Crippen LogP contribution in [0.3, 0.4) is 0 Å². The van der Waals surface area contributed by atoms with Crippen LogP contribution in [0.2, 0.25) is 0 Å². The molecule has 0 spiro atoms. The number of allylic oxidation sites excluding steroid dienone is 13. The lowest BCUT2D eigenvalue weighted by atomic mass is 9.97. The molecule has 0 amide bonds. The fraction of sp³-hybridized carbons (Fsp3) is 0.562. The highest BCUT2D eigenvalue weighted by Crippen LogP contribution is 2.15. The Morgan fingerprint density at radius 1 is 0.636 bits per heavy atom. The lowest BCUT2D eigenvalue weighted by Gasteiger charge is -2.12. The SMILES string of the molecule is C=C(CC/C=C\C/C=C\C/C=C\C/C=C\C/C=C\C/C=C\CC)NCCCCC(CC)CC. The Morgan fingerprint density at radius 3 is 1.55 bits per heavy atom. The van der Waals surface area contributed by atoms with E-state index in [2.05, 4.69) is 106 Å². The Hall–Kier alpha value is -2.02. The summed E-state index contributed by atoms with van der Waals surface area (Å²) in [6, 6.07) is 0. The molecule has 0 aromatic carbocycles. The summed E-state index contributed by atoms with van der Waals surface area (Å²) in [7, 11) is 0. The molecule has 33 heavy (non-hydrogen) atoms. The van der Waals surface area contributed by atoms with Crippen LogP contribution in [0, 0.1) is 5.92 Å². The zero-order valence-electron chi connectivity index (χ0n) is 22.1. The summed E-state index contributed by atoms with van der Waals surface area (Å²) in [5, 5.41) is 3.49. The van der Waals surface area contributed by atoms with E-state index in [4.69, 9.17) is 0 Å². The molecule has 0 aliphatic heterocycles. The van der Waals surface area contributed by atoms with Gasteiger partial charge in [-0.2, -0.15) is 0 Å². The maximum absolute atomic E-state index is 4.16. The summed E-state index contributed by atoms with van der Waals surface area (Å²) in [5.74, 6) is 0.918. The fourth-order valence-corrected chi connectivity index (χ4v) is 3.51. The van der Waals surface area contributed by atoms with Gasteiger partial charge < -0.3 is 5.32 Å².